The molecule has 170 valence electrons. The van der Waals surface area contributed by atoms with Gasteiger partial charge in [-0.3, -0.25) is 0 Å². The van der Waals surface area contributed by atoms with Crippen LogP contribution in [0.25, 0.3) is 0 Å². The van der Waals surface area contributed by atoms with Crippen molar-refractivity contribution < 1.29 is 21.7 Å². The third kappa shape index (κ3) is 16.8. The van der Waals surface area contributed by atoms with Crippen LogP contribution in [0.2, 0.25) is 19.6 Å². The van der Waals surface area contributed by atoms with Crippen LogP contribution in [0.5, 0.6) is 0 Å². The Labute approximate surface area is 219 Å². The van der Waals surface area contributed by atoms with Gasteiger partial charge in [-0.1, -0.05) is 50.8 Å². The van der Waals surface area contributed by atoms with Crippen molar-refractivity contribution in [1.29, 1.82) is 0 Å². The van der Waals surface area contributed by atoms with Crippen LogP contribution in [0.15, 0.2) is 109 Å². The maximum absolute atomic E-state index is 3.72. The van der Waals surface area contributed by atoms with Crippen LogP contribution in [0.3, 0.4) is 0 Å². The summed E-state index contributed by atoms with van der Waals surface area (Å²) in [6.07, 6.45) is 0. The van der Waals surface area contributed by atoms with Crippen LogP contribution in [0, 0.1) is 27.7 Å². The van der Waals surface area contributed by atoms with Crippen LogP contribution in [0.4, 0.5) is 0 Å². The Hall–Kier alpha value is -2.45. The summed E-state index contributed by atoms with van der Waals surface area (Å²) >= 11 is 0. The Morgan fingerprint density at radius 1 is 0.576 bits per heavy atom. The van der Waals surface area contributed by atoms with Gasteiger partial charge >= 0.3 is 21.7 Å². The predicted octanol–water partition coefficient (Wildman–Crippen LogP) is 8.74. The maximum atomic E-state index is 3.72. The number of benzene rings is 3. The van der Waals surface area contributed by atoms with E-state index in [2.05, 4.69) is 65.5 Å². The molecule has 0 saturated heterocycles. The van der Waals surface area contributed by atoms with E-state index in [0.29, 0.717) is 0 Å². The van der Waals surface area contributed by atoms with Gasteiger partial charge in [-0.05, 0) is 0 Å². The van der Waals surface area contributed by atoms with Crippen LogP contribution >= 0.6 is 0 Å². The molecule has 0 bridgehead atoms. The van der Waals surface area contributed by atoms with Gasteiger partial charge in [0.25, 0.3) is 0 Å². The Kier molecular flexibility index (Phi) is 15.8. The molecule has 4 rings (SSSR count). The monoisotopic (exact) mass is 486 g/mol. The Bertz CT molecular complexity index is 863. The van der Waals surface area contributed by atoms with E-state index in [4.69, 9.17) is 0 Å². The van der Waals surface area contributed by atoms with Crippen LogP contribution in [0.1, 0.15) is 27.8 Å². The Balaban J connectivity index is 0.000000418. The van der Waals surface area contributed by atoms with E-state index in [9.17, 15) is 0 Å². The van der Waals surface area contributed by atoms with E-state index in [1.54, 1.807) is 5.56 Å². The fraction of sp³-hybridized carbons (Fsp3) is 0.161. The molecule has 0 heterocycles. The first-order chi connectivity index (χ1) is 15.2. The van der Waals surface area contributed by atoms with Crippen LogP contribution in [-0.4, -0.2) is 8.07 Å². The predicted molar refractivity (Wildman–Crippen MR) is 147 cm³/mol. The Morgan fingerprint density at radius 3 is 1.09 bits per heavy atom. The minimum atomic E-state index is -0.893. The molecule has 0 N–H and O–H groups in total. The van der Waals surface area contributed by atoms with Crippen molar-refractivity contribution >= 4 is 8.07 Å². The second-order valence-electron chi connectivity index (χ2n) is 8.93. The average Bonchev–Trinajstić information content (AvgIpc) is 3.14. The van der Waals surface area contributed by atoms with Gasteiger partial charge in [-0.25, -0.2) is 12.1 Å². The molecule has 0 saturated carbocycles. The standard InChI is InChI=1S/C10H17Si.3C7H7.Ti/c1-9-6-5-7-10(9)8-11(2,3)4;3*1-7-5-3-2-4-6-7;/h5-7H,8H2,1-4H3;3*2-6H,1H2;/q4*-1;+4. The van der Waals surface area contributed by atoms with E-state index in [0.717, 1.165) is 16.7 Å². The molecule has 0 amide bonds. The third-order valence-corrected chi connectivity index (χ3v) is 5.84. The minimum absolute atomic E-state index is 0. The number of hydrogen-bond acceptors (Lipinski definition) is 0. The van der Waals surface area contributed by atoms with Gasteiger partial charge in [0, 0.05) is 8.07 Å². The molecule has 0 aliphatic rings. The number of hydrogen-bond donors (Lipinski definition) is 0. The molecule has 0 aliphatic heterocycles. The average molecular weight is 487 g/mol. The zero-order valence-corrected chi connectivity index (χ0v) is 23.3. The summed E-state index contributed by atoms with van der Waals surface area (Å²) in [4.78, 5) is 0. The maximum Gasteiger partial charge on any atom is 4.00 e. The topological polar surface area (TPSA) is 0 Å². The number of rotatable bonds is 2. The molecule has 0 unspecified atom stereocenters. The molecule has 0 aliphatic carbocycles. The first kappa shape index (κ1) is 30.6. The van der Waals surface area contributed by atoms with Crippen molar-refractivity contribution in [3.8, 4) is 0 Å². The molecule has 2 heteroatoms. The van der Waals surface area contributed by atoms with E-state index < -0.39 is 8.07 Å². The molecule has 0 spiro atoms. The van der Waals surface area contributed by atoms with Gasteiger partial charge in [0.1, 0.15) is 0 Å². The number of aryl methyl sites for hydroxylation is 1. The molecule has 0 fully saturated rings. The summed E-state index contributed by atoms with van der Waals surface area (Å²) in [7, 11) is -0.893. The summed E-state index contributed by atoms with van der Waals surface area (Å²) in [6.45, 7) is 20.6. The van der Waals surface area contributed by atoms with E-state index in [-0.39, 0.29) is 21.7 Å². The summed E-state index contributed by atoms with van der Waals surface area (Å²) in [5.74, 6) is 0. The molecule has 33 heavy (non-hydrogen) atoms. The zero-order chi connectivity index (χ0) is 23.8. The summed E-state index contributed by atoms with van der Waals surface area (Å²) in [5, 5.41) is 0. The largest absolute Gasteiger partial charge is 4.00 e. The second-order valence-corrected chi connectivity index (χ2v) is 14.4. The van der Waals surface area contributed by atoms with Gasteiger partial charge in [0.2, 0.25) is 0 Å². The summed E-state index contributed by atoms with van der Waals surface area (Å²) < 4.78 is 0. The van der Waals surface area contributed by atoms with Crippen molar-refractivity contribution in [3.63, 3.8) is 0 Å². The third-order valence-electron chi connectivity index (χ3n) is 4.40. The summed E-state index contributed by atoms with van der Waals surface area (Å²) in [5.41, 5.74) is 6.24. The van der Waals surface area contributed by atoms with E-state index in [1.807, 2.05) is 91.0 Å². The molecule has 0 aromatic heterocycles. The first-order valence-corrected chi connectivity index (χ1v) is 14.7. The fourth-order valence-corrected chi connectivity index (χ4v) is 4.29. The van der Waals surface area contributed by atoms with E-state index >= 15 is 0 Å². The van der Waals surface area contributed by atoms with Crippen molar-refractivity contribution in [1.82, 2.24) is 0 Å². The SMILES string of the molecule is C[c-]1cccc1C[Si](C)(C)C.[CH2-]c1ccccc1.[CH2-]c1ccccc1.[CH2-]c1ccccc1.[Ti+4]. The molecule has 0 atom stereocenters. The quantitative estimate of drug-likeness (QED) is 0.196. The molecular weight excluding hydrogens is 448 g/mol. The van der Waals surface area contributed by atoms with Gasteiger partial charge < -0.3 is 0 Å². The van der Waals surface area contributed by atoms with Crippen molar-refractivity contribution in [3.05, 3.63) is 158 Å². The van der Waals surface area contributed by atoms with Gasteiger partial charge in [0.05, 0.1) is 0 Å². The molecule has 4 aromatic rings. The van der Waals surface area contributed by atoms with Crippen molar-refractivity contribution in [2.24, 2.45) is 0 Å². The van der Waals surface area contributed by atoms with Crippen LogP contribution < -0.4 is 0 Å². The molecule has 0 nitrogen and oxygen atoms in total. The second kappa shape index (κ2) is 17.1. The van der Waals surface area contributed by atoms with Gasteiger partial charge in [0.15, 0.2) is 0 Å². The Morgan fingerprint density at radius 2 is 0.909 bits per heavy atom. The van der Waals surface area contributed by atoms with E-state index in [1.165, 1.54) is 11.6 Å². The van der Waals surface area contributed by atoms with Crippen LogP contribution in [-0.2, 0) is 27.8 Å². The normalized spacial score (nSPS) is 9.45. The molecule has 0 radical (unpaired) electrons. The van der Waals surface area contributed by atoms with Crippen molar-refractivity contribution in [2.75, 3.05) is 0 Å². The molecular formula is C31H38SiTi. The minimum Gasteiger partial charge on any atom is -0.213 e. The molecule has 4 aromatic carbocycles. The van der Waals surface area contributed by atoms with Gasteiger partial charge in [-0.2, -0.15) is 91.1 Å². The smallest absolute Gasteiger partial charge is 0.213 e. The van der Waals surface area contributed by atoms with Crippen molar-refractivity contribution in [2.45, 2.75) is 32.6 Å². The first-order valence-electron chi connectivity index (χ1n) is 11.0. The summed E-state index contributed by atoms with van der Waals surface area (Å²) in [6, 6.07) is 37.6. The fourth-order valence-electron chi connectivity index (χ4n) is 2.75. The van der Waals surface area contributed by atoms with Gasteiger partial charge in [-0.15, -0.1) is 36.4 Å². The zero-order valence-electron chi connectivity index (χ0n) is 20.7.